The summed E-state index contributed by atoms with van der Waals surface area (Å²) in [6, 6.07) is 5.32. The maximum absolute atomic E-state index is 12.4. The van der Waals surface area contributed by atoms with E-state index in [1.807, 2.05) is 25.1 Å². The Bertz CT molecular complexity index is 656. The van der Waals surface area contributed by atoms with Gasteiger partial charge in [-0.2, -0.15) is 0 Å². The fourth-order valence-corrected chi connectivity index (χ4v) is 2.78. The van der Waals surface area contributed by atoms with Crippen molar-refractivity contribution in [1.82, 2.24) is 20.1 Å². The lowest BCUT2D eigenvalue weighted by Gasteiger charge is -2.24. The van der Waals surface area contributed by atoms with E-state index in [0.717, 1.165) is 17.1 Å². The Labute approximate surface area is 141 Å². The van der Waals surface area contributed by atoms with E-state index in [-0.39, 0.29) is 17.5 Å². The molecule has 1 N–H and O–H groups in total. The van der Waals surface area contributed by atoms with Crippen LogP contribution in [0, 0.1) is 0 Å². The number of pyridine rings is 1. The van der Waals surface area contributed by atoms with Gasteiger partial charge in [0.05, 0.1) is 11.7 Å². The highest BCUT2D eigenvalue weighted by atomic mass is 32.1. The van der Waals surface area contributed by atoms with Gasteiger partial charge >= 0.3 is 6.03 Å². The first-order chi connectivity index (χ1) is 10.8. The molecule has 0 saturated carbocycles. The van der Waals surface area contributed by atoms with Gasteiger partial charge in [0.15, 0.2) is 0 Å². The van der Waals surface area contributed by atoms with E-state index in [1.54, 1.807) is 18.1 Å². The molecule has 0 aliphatic carbocycles. The molecule has 2 amide bonds. The van der Waals surface area contributed by atoms with Crippen LogP contribution in [0.1, 0.15) is 50.9 Å². The topological polar surface area (TPSA) is 71.0 Å². The molecule has 0 bridgehead atoms. The number of amides is 2. The Morgan fingerprint density at radius 3 is 2.74 bits per heavy atom. The van der Waals surface area contributed by atoms with Crippen molar-refractivity contribution in [3.05, 3.63) is 35.1 Å². The number of anilines is 1. The average Bonchev–Trinajstić information content (AvgIpc) is 3.03. The van der Waals surface area contributed by atoms with E-state index in [4.69, 9.17) is 0 Å². The molecule has 23 heavy (non-hydrogen) atoms. The SMILES string of the molecule is CCC(C)(C)c1nnc(NC(=O)N(C)[C@H](C)c2ccccn2)s1. The number of carbonyl (C=O) groups excluding carboxylic acids is 1. The molecule has 0 aromatic carbocycles. The molecule has 0 fully saturated rings. The van der Waals surface area contributed by atoms with Gasteiger partial charge in [-0.25, -0.2) is 4.79 Å². The van der Waals surface area contributed by atoms with Crippen molar-refractivity contribution in [2.45, 2.75) is 45.6 Å². The number of rotatable bonds is 5. The van der Waals surface area contributed by atoms with Gasteiger partial charge < -0.3 is 4.90 Å². The maximum Gasteiger partial charge on any atom is 0.323 e. The van der Waals surface area contributed by atoms with Crippen molar-refractivity contribution in [2.75, 3.05) is 12.4 Å². The van der Waals surface area contributed by atoms with Gasteiger partial charge in [0.1, 0.15) is 5.01 Å². The molecule has 2 heterocycles. The average molecular weight is 333 g/mol. The number of nitrogens with zero attached hydrogens (tertiary/aromatic N) is 4. The Morgan fingerprint density at radius 1 is 1.39 bits per heavy atom. The fraction of sp³-hybridized carbons (Fsp3) is 0.500. The lowest BCUT2D eigenvalue weighted by atomic mass is 9.91. The van der Waals surface area contributed by atoms with Crippen LogP contribution in [0.5, 0.6) is 0 Å². The summed E-state index contributed by atoms with van der Waals surface area (Å²) in [7, 11) is 1.74. The van der Waals surface area contributed by atoms with Crippen LogP contribution in [0.25, 0.3) is 0 Å². The Morgan fingerprint density at radius 2 is 2.13 bits per heavy atom. The van der Waals surface area contributed by atoms with Crippen molar-refractivity contribution in [3.8, 4) is 0 Å². The highest BCUT2D eigenvalue weighted by molar-refractivity contribution is 7.15. The standard InChI is InChI=1S/C16H23N5OS/c1-6-16(3,4)13-19-20-14(23-13)18-15(22)21(5)11(2)12-9-7-8-10-17-12/h7-11H,6H2,1-5H3,(H,18,20,22)/t11-/m1/s1. The summed E-state index contributed by atoms with van der Waals surface area (Å²) in [5.41, 5.74) is 0.809. The van der Waals surface area contributed by atoms with Gasteiger partial charge in [-0.15, -0.1) is 10.2 Å². The summed E-state index contributed by atoms with van der Waals surface area (Å²) in [6.07, 6.45) is 2.69. The minimum absolute atomic E-state index is 0.0339. The van der Waals surface area contributed by atoms with E-state index < -0.39 is 0 Å². The Hall–Kier alpha value is -2.02. The van der Waals surface area contributed by atoms with Gasteiger partial charge in [0, 0.05) is 18.7 Å². The summed E-state index contributed by atoms with van der Waals surface area (Å²) in [6.45, 7) is 8.29. The largest absolute Gasteiger partial charge is 0.323 e. The predicted octanol–water partition coefficient (Wildman–Crippen LogP) is 3.85. The molecule has 2 rings (SSSR count). The van der Waals surface area contributed by atoms with Crippen LogP contribution >= 0.6 is 11.3 Å². The molecule has 0 unspecified atom stereocenters. The van der Waals surface area contributed by atoms with Gasteiger partial charge in [-0.1, -0.05) is 38.2 Å². The minimum atomic E-state index is -0.222. The summed E-state index contributed by atoms with van der Waals surface area (Å²) < 4.78 is 0. The number of carbonyl (C=O) groups is 1. The Kier molecular flexibility index (Phi) is 5.30. The van der Waals surface area contributed by atoms with Crippen LogP contribution in [-0.4, -0.2) is 33.2 Å². The number of hydrogen-bond acceptors (Lipinski definition) is 5. The van der Waals surface area contributed by atoms with Gasteiger partial charge in [-0.05, 0) is 25.5 Å². The fourth-order valence-electron chi connectivity index (χ4n) is 1.88. The molecule has 2 aromatic heterocycles. The molecule has 0 aliphatic heterocycles. The highest BCUT2D eigenvalue weighted by Gasteiger charge is 2.25. The third-order valence-corrected chi connectivity index (χ3v) is 5.32. The number of aromatic nitrogens is 3. The van der Waals surface area contributed by atoms with E-state index >= 15 is 0 Å². The third kappa shape index (κ3) is 4.04. The van der Waals surface area contributed by atoms with Crippen LogP contribution in [0.15, 0.2) is 24.4 Å². The number of nitrogens with one attached hydrogen (secondary N) is 1. The molecule has 0 spiro atoms. The van der Waals surface area contributed by atoms with E-state index in [1.165, 1.54) is 11.3 Å². The predicted molar refractivity (Wildman–Crippen MR) is 92.7 cm³/mol. The smallest absolute Gasteiger partial charge is 0.319 e. The summed E-state index contributed by atoms with van der Waals surface area (Å²) in [4.78, 5) is 18.3. The van der Waals surface area contributed by atoms with Gasteiger partial charge in [0.25, 0.3) is 0 Å². The first-order valence-electron chi connectivity index (χ1n) is 7.64. The minimum Gasteiger partial charge on any atom is -0.319 e. The Balaban J connectivity index is 2.04. The molecular formula is C16H23N5OS. The zero-order chi connectivity index (χ0) is 17.0. The molecule has 1 atom stereocenters. The second-order valence-corrected chi connectivity index (χ2v) is 7.10. The van der Waals surface area contributed by atoms with E-state index in [2.05, 4.69) is 41.3 Å². The van der Waals surface area contributed by atoms with Crippen molar-refractivity contribution in [2.24, 2.45) is 0 Å². The molecule has 0 saturated heterocycles. The number of urea groups is 1. The quantitative estimate of drug-likeness (QED) is 0.902. The van der Waals surface area contributed by atoms with Crippen LogP contribution in [0.4, 0.5) is 9.93 Å². The first kappa shape index (κ1) is 17.3. The van der Waals surface area contributed by atoms with Crippen LogP contribution in [0.2, 0.25) is 0 Å². The first-order valence-corrected chi connectivity index (χ1v) is 8.45. The van der Waals surface area contributed by atoms with Crippen LogP contribution in [-0.2, 0) is 5.41 Å². The van der Waals surface area contributed by atoms with Crippen LogP contribution < -0.4 is 5.32 Å². The van der Waals surface area contributed by atoms with Gasteiger partial charge in [0.2, 0.25) is 5.13 Å². The maximum atomic E-state index is 12.4. The molecule has 2 aromatic rings. The molecular weight excluding hydrogens is 310 g/mol. The normalized spacial score (nSPS) is 12.7. The summed E-state index contributed by atoms with van der Waals surface area (Å²) in [5, 5.41) is 12.5. The molecule has 0 aliphatic rings. The molecule has 6 nitrogen and oxygen atoms in total. The second kappa shape index (κ2) is 7.04. The van der Waals surface area contributed by atoms with Crippen LogP contribution in [0.3, 0.4) is 0 Å². The van der Waals surface area contributed by atoms with Crippen molar-refractivity contribution >= 4 is 22.5 Å². The molecule has 124 valence electrons. The number of hydrogen-bond donors (Lipinski definition) is 1. The lowest BCUT2D eigenvalue weighted by molar-refractivity contribution is 0.207. The zero-order valence-corrected chi connectivity index (χ0v) is 15.0. The highest BCUT2D eigenvalue weighted by Crippen LogP contribution is 2.31. The van der Waals surface area contributed by atoms with Gasteiger partial charge in [-0.3, -0.25) is 10.3 Å². The molecule has 7 heteroatoms. The third-order valence-electron chi connectivity index (χ3n) is 4.12. The van der Waals surface area contributed by atoms with Crippen molar-refractivity contribution in [1.29, 1.82) is 0 Å². The molecule has 0 radical (unpaired) electrons. The second-order valence-electron chi connectivity index (χ2n) is 6.12. The summed E-state index contributed by atoms with van der Waals surface area (Å²) in [5.74, 6) is 0. The van der Waals surface area contributed by atoms with Crippen molar-refractivity contribution < 1.29 is 4.79 Å². The van der Waals surface area contributed by atoms with E-state index in [9.17, 15) is 4.79 Å². The van der Waals surface area contributed by atoms with Crippen molar-refractivity contribution in [3.63, 3.8) is 0 Å². The zero-order valence-electron chi connectivity index (χ0n) is 14.2. The summed E-state index contributed by atoms with van der Waals surface area (Å²) >= 11 is 1.42. The monoisotopic (exact) mass is 333 g/mol. The lowest BCUT2D eigenvalue weighted by Crippen LogP contribution is -2.33. The van der Waals surface area contributed by atoms with E-state index in [0.29, 0.717) is 5.13 Å².